The van der Waals surface area contributed by atoms with Crippen molar-refractivity contribution in [1.82, 2.24) is 0 Å². The fourth-order valence-electron chi connectivity index (χ4n) is 1.70. The Kier molecular flexibility index (Phi) is 4.23. The van der Waals surface area contributed by atoms with Crippen LogP contribution in [0.1, 0.15) is 23.3 Å². The van der Waals surface area contributed by atoms with Crippen molar-refractivity contribution in [2.75, 3.05) is 0 Å². The molecular formula is C14H12F3NOS. The molecular weight excluding hydrogens is 287 g/mol. The molecule has 0 spiro atoms. The van der Waals surface area contributed by atoms with Crippen LogP contribution in [0.3, 0.4) is 0 Å². The van der Waals surface area contributed by atoms with Gasteiger partial charge in [-0.3, -0.25) is 0 Å². The summed E-state index contributed by atoms with van der Waals surface area (Å²) >= 11 is 1.31. The van der Waals surface area contributed by atoms with Gasteiger partial charge in [0.1, 0.15) is 0 Å². The van der Waals surface area contributed by atoms with Crippen LogP contribution in [0.2, 0.25) is 0 Å². The Morgan fingerprint density at radius 3 is 2.30 bits per heavy atom. The van der Waals surface area contributed by atoms with E-state index in [-0.39, 0.29) is 5.25 Å². The predicted octanol–water partition coefficient (Wildman–Crippen LogP) is 4.19. The normalized spacial score (nSPS) is 13.2. The molecule has 2 aromatic rings. The molecule has 0 fully saturated rings. The summed E-state index contributed by atoms with van der Waals surface area (Å²) in [6.45, 7) is 1.85. The van der Waals surface area contributed by atoms with Gasteiger partial charge >= 0.3 is 6.18 Å². The van der Waals surface area contributed by atoms with Gasteiger partial charge in [-0.25, -0.2) is 0 Å². The predicted molar refractivity (Wildman–Crippen MR) is 71.1 cm³/mol. The first-order valence-corrected chi connectivity index (χ1v) is 6.78. The van der Waals surface area contributed by atoms with Crippen LogP contribution in [-0.4, -0.2) is 0 Å². The van der Waals surface area contributed by atoms with Gasteiger partial charge in [-0.2, -0.15) is 17.9 Å². The van der Waals surface area contributed by atoms with Crippen LogP contribution in [0.5, 0.6) is 0 Å². The molecule has 1 heterocycles. The van der Waals surface area contributed by atoms with E-state index in [9.17, 15) is 18.4 Å². The largest absolute Gasteiger partial charge is 0.618 e. The van der Waals surface area contributed by atoms with Gasteiger partial charge in [-0.05, 0) is 42.4 Å². The summed E-state index contributed by atoms with van der Waals surface area (Å²) in [5.74, 6) is 0. The first-order chi connectivity index (χ1) is 9.38. The third-order valence-electron chi connectivity index (χ3n) is 2.79. The average Bonchev–Trinajstić information content (AvgIpc) is 2.40. The minimum atomic E-state index is -4.33. The Morgan fingerprint density at radius 1 is 1.10 bits per heavy atom. The summed E-state index contributed by atoms with van der Waals surface area (Å²) in [7, 11) is 0. The number of thioether (sulfide) groups is 1. The van der Waals surface area contributed by atoms with Gasteiger partial charge < -0.3 is 5.21 Å². The lowest BCUT2D eigenvalue weighted by Gasteiger charge is -2.12. The van der Waals surface area contributed by atoms with Crippen LogP contribution in [0.25, 0.3) is 0 Å². The number of benzene rings is 1. The number of alkyl halides is 3. The molecule has 6 heteroatoms. The van der Waals surface area contributed by atoms with E-state index in [1.54, 1.807) is 18.2 Å². The lowest BCUT2D eigenvalue weighted by Crippen LogP contribution is -2.27. The van der Waals surface area contributed by atoms with E-state index >= 15 is 0 Å². The van der Waals surface area contributed by atoms with Gasteiger partial charge in [0.15, 0.2) is 6.20 Å². The van der Waals surface area contributed by atoms with Crippen LogP contribution in [0.4, 0.5) is 13.2 Å². The maximum Gasteiger partial charge on any atom is 0.416 e. The highest BCUT2D eigenvalue weighted by Gasteiger charge is 2.30. The zero-order valence-electron chi connectivity index (χ0n) is 10.6. The third-order valence-corrected chi connectivity index (χ3v) is 3.98. The number of hydrogen-bond donors (Lipinski definition) is 0. The summed E-state index contributed by atoms with van der Waals surface area (Å²) in [6.07, 6.45) is -2.94. The second-order valence-electron chi connectivity index (χ2n) is 4.24. The molecule has 0 saturated carbocycles. The molecule has 0 aliphatic rings. The average molecular weight is 299 g/mol. The van der Waals surface area contributed by atoms with Gasteiger partial charge in [0.05, 0.1) is 5.56 Å². The quantitative estimate of drug-likeness (QED) is 0.482. The van der Waals surface area contributed by atoms with E-state index < -0.39 is 11.7 Å². The van der Waals surface area contributed by atoms with Gasteiger partial charge in [0.25, 0.3) is 5.03 Å². The number of halogens is 3. The van der Waals surface area contributed by atoms with E-state index in [4.69, 9.17) is 0 Å². The van der Waals surface area contributed by atoms with E-state index in [0.717, 1.165) is 22.4 Å². The summed E-state index contributed by atoms with van der Waals surface area (Å²) in [4.78, 5) is 0. The molecule has 20 heavy (non-hydrogen) atoms. The smallest absolute Gasteiger partial charge is 0.416 e. The standard InChI is InChI=1S/C14H12F3NOS/c1-10(20-13-4-2-3-9-18(13)19)11-5-7-12(8-6-11)14(15,16)17/h2-10H,1H3. The Bertz CT molecular complexity index is 584. The highest BCUT2D eigenvalue weighted by molar-refractivity contribution is 7.99. The Hall–Kier alpha value is -1.69. The first kappa shape index (κ1) is 14.7. The van der Waals surface area contributed by atoms with Crippen molar-refractivity contribution < 1.29 is 17.9 Å². The highest BCUT2D eigenvalue weighted by atomic mass is 32.2. The molecule has 2 rings (SSSR count). The Labute approximate surface area is 118 Å². The van der Waals surface area contributed by atoms with Gasteiger partial charge in [0.2, 0.25) is 0 Å². The van der Waals surface area contributed by atoms with E-state index in [1.165, 1.54) is 30.1 Å². The lowest BCUT2D eigenvalue weighted by molar-refractivity contribution is -0.645. The SMILES string of the molecule is CC(Sc1cccc[n+]1[O-])c1ccc(C(F)(F)F)cc1. The lowest BCUT2D eigenvalue weighted by atomic mass is 10.1. The molecule has 1 unspecified atom stereocenters. The molecule has 0 radical (unpaired) electrons. The molecule has 0 N–H and O–H groups in total. The molecule has 0 bridgehead atoms. The number of hydrogen-bond acceptors (Lipinski definition) is 2. The van der Waals surface area contributed by atoms with Crippen molar-refractivity contribution in [3.05, 3.63) is 65.0 Å². The van der Waals surface area contributed by atoms with Crippen LogP contribution < -0.4 is 4.73 Å². The fourth-order valence-corrected chi connectivity index (χ4v) is 2.67. The molecule has 0 saturated heterocycles. The van der Waals surface area contributed by atoms with E-state index in [1.807, 2.05) is 6.92 Å². The highest BCUT2D eigenvalue weighted by Crippen LogP contribution is 2.35. The molecule has 1 aromatic carbocycles. The molecule has 0 amide bonds. The van der Waals surface area contributed by atoms with Crippen LogP contribution in [0.15, 0.2) is 53.7 Å². The topological polar surface area (TPSA) is 26.9 Å². The number of pyridine rings is 1. The number of aromatic nitrogens is 1. The van der Waals surface area contributed by atoms with Crippen molar-refractivity contribution in [1.29, 1.82) is 0 Å². The monoisotopic (exact) mass is 299 g/mol. The second kappa shape index (κ2) is 5.75. The molecule has 1 atom stereocenters. The molecule has 1 aromatic heterocycles. The molecule has 2 nitrogen and oxygen atoms in total. The minimum absolute atomic E-state index is 0.111. The van der Waals surface area contributed by atoms with E-state index in [2.05, 4.69) is 0 Å². The Morgan fingerprint density at radius 2 is 1.75 bits per heavy atom. The number of nitrogens with zero attached hydrogens (tertiary/aromatic N) is 1. The van der Waals surface area contributed by atoms with Crippen LogP contribution >= 0.6 is 11.8 Å². The molecule has 0 aliphatic carbocycles. The van der Waals surface area contributed by atoms with Crippen molar-refractivity contribution in [3.63, 3.8) is 0 Å². The summed E-state index contributed by atoms with van der Waals surface area (Å²) in [5.41, 5.74) is 0.0731. The first-order valence-electron chi connectivity index (χ1n) is 5.90. The maximum atomic E-state index is 12.5. The maximum absolute atomic E-state index is 12.5. The van der Waals surface area contributed by atoms with E-state index in [0.29, 0.717) is 5.03 Å². The van der Waals surface area contributed by atoms with Crippen LogP contribution in [-0.2, 0) is 6.18 Å². The van der Waals surface area contributed by atoms with Crippen molar-refractivity contribution in [2.24, 2.45) is 0 Å². The van der Waals surface area contributed by atoms with Gasteiger partial charge in [-0.1, -0.05) is 12.1 Å². The summed E-state index contributed by atoms with van der Waals surface area (Å²) in [5, 5.41) is 11.9. The summed E-state index contributed by atoms with van der Waals surface area (Å²) in [6, 6.07) is 10.1. The van der Waals surface area contributed by atoms with Gasteiger partial charge in [-0.15, -0.1) is 0 Å². The number of rotatable bonds is 3. The van der Waals surface area contributed by atoms with Crippen molar-refractivity contribution in [3.8, 4) is 0 Å². The van der Waals surface area contributed by atoms with Crippen molar-refractivity contribution >= 4 is 11.8 Å². The second-order valence-corrected chi connectivity index (χ2v) is 5.61. The van der Waals surface area contributed by atoms with Gasteiger partial charge in [0, 0.05) is 17.4 Å². The molecule has 0 aliphatic heterocycles. The van der Waals surface area contributed by atoms with Crippen LogP contribution in [0, 0.1) is 5.21 Å². The third kappa shape index (κ3) is 3.45. The molecule has 106 valence electrons. The van der Waals surface area contributed by atoms with Crippen molar-refractivity contribution in [2.45, 2.75) is 23.4 Å². The zero-order valence-corrected chi connectivity index (χ0v) is 11.4. The minimum Gasteiger partial charge on any atom is -0.618 e. The summed E-state index contributed by atoms with van der Waals surface area (Å²) < 4.78 is 38.2. The fraction of sp³-hybridized carbons (Fsp3) is 0.214. The Balaban J connectivity index is 2.14. The zero-order chi connectivity index (χ0) is 14.8.